The van der Waals surface area contributed by atoms with E-state index in [9.17, 15) is 24.3 Å². The number of carbonyl (C=O) groups is 4. The summed E-state index contributed by atoms with van der Waals surface area (Å²) >= 11 is 0. The van der Waals surface area contributed by atoms with E-state index in [0.29, 0.717) is 45.3 Å². The first-order valence-electron chi connectivity index (χ1n) is 17.6. The summed E-state index contributed by atoms with van der Waals surface area (Å²) in [5.41, 5.74) is 2.31. The Balaban J connectivity index is 1.25. The van der Waals surface area contributed by atoms with Crippen LogP contribution >= 0.6 is 0 Å². The smallest absolute Gasteiger partial charge is 0.265 e. The third kappa shape index (κ3) is 4.70. The van der Waals surface area contributed by atoms with Gasteiger partial charge in [0.25, 0.3) is 23.6 Å². The number of rotatable bonds is 11. The number of hydrogen-bond acceptors (Lipinski definition) is 5. The molecule has 0 aliphatic carbocycles. The van der Waals surface area contributed by atoms with Crippen molar-refractivity contribution in [2.75, 3.05) is 11.4 Å². The van der Waals surface area contributed by atoms with Crippen LogP contribution in [0, 0.1) is 5.92 Å². The molecule has 0 aromatic heterocycles. The highest BCUT2D eigenvalue weighted by Gasteiger charge is 2.38. The van der Waals surface area contributed by atoms with Crippen LogP contribution in [-0.2, 0) is 0 Å². The molecule has 0 saturated heterocycles. The molecular formula is C42H38N2O5. The highest BCUT2D eigenvalue weighted by atomic mass is 16.3. The first-order valence-corrected chi connectivity index (χ1v) is 17.6. The molecule has 7 nitrogen and oxygen atoms in total. The predicted molar refractivity (Wildman–Crippen MR) is 194 cm³/mol. The number of hydrogen-bond donors (Lipinski definition) is 1. The number of benzene rings is 6. The van der Waals surface area contributed by atoms with Gasteiger partial charge in [-0.1, -0.05) is 76.6 Å². The molecular weight excluding hydrogens is 612 g/mol. The first-order chi connectivity index (χ1) is 23.8. The second-order valence-corrected chi connectivity index (χ2v) is 13.7. The number of phenols is 1. The largest absolute Gasteiger partial charge is 0.508 e. The number of carbonyl (C=O) groups excluding carboxylic acids is 4. The second kappa shape index (κ2) is 12.0. The lowest BCUT2D eigenvalue weighted by molar-refractivity contribution is 0.0577. The van der Waals surface area contributed by atoms with Crippen LogP contribution in [0.2, 0.25) is 0 Å². The molecule has 0 spiro atoms. The van der Waals surface area contributed by atoms with Gasteiger partial charge in [-0.05, 0) is 99.6 Å². The molecule has 6 aromatic rings. The standard InChI is InChI=1S/C42H38N2O5/c1-3-5-7-8-10-24(9-6-4-2)23-43-39(46)31-19-15-27-29-17-21-33-38-34(42(49)44(41(33)48)25-11-13-26(45)14-12-25)22-18-30(36(29)38)28-16-20-32(40(43)47)37(31)35(27)28/h11-22,24,45H,3-10,23H2,1-2H3. The van der Waals surface area contributed by atoms with Gasteiger partial charge in [-0.3, -0.25) is 24.1 Å². The number of nitrogens with zero attached hydrogens (tertiary/aromatic N) is 2. The number of unbranched alkanes of at least 4 members (excludes halogenated alkanes) is 4. The summed E-state index contributed by atoms with van der Waals surface area (Å²) in [7, 11) is 0. The Labute approximate surface area is 284 Å². The monoisotopic (exact) mass is 650 g/mol. The fraction of sp³-hybridized carbons (Fsp3) is 0.286. The highest BCUT2D eigenvalue weighted by Crippen LogP contribution is 2.46. The van der Waals surface area contributed by atoms with Crippen molar-refractivity contribution in [3.8, 4) is 5.75 Å². The summed E-state index contributed by atoms with van der Waals surface area (Å²) < 4.78 is 0. The molecule has 0 fully saturated rings. The topological polar surface area (TPSA) is 95.0 Å². The van der Waals surface area contributed by atoms with Crippen LogP contribution in [0.4, 0.5) is 5.69 Å². The maximum atomic E-state index is 14.2. The quantitative estimate of drug-likeness (QED) is 0.0652. The van der Waals surface area contributed by atoms with Gasteiger partial charge in [0.2, 0.25) is 0 Å². The molecule has 2 heterocycles. The first kappa shape index (κ1) is 31.0. The van der Waals surface area contributed by atoms with Crippen LogP contribution in [-0.4, -0.2) is 40.2 Å². The molecule has 2 aliphatic rings. The molecule has 1 unspecified atom stereocenters. The van der Waals surface area contributed by atoms with Crippen LogP contribution in [0.5, 0.6) is 5.75 Å². The van der Waals surface area contributed by atoms with Crippen molar-refractivity contribution in [3.05, 3.63) is 95.1 Å². The molecule has 0 saturated carbocycles. The average molecular weight is 651 g/mol. The van der Waals surface area contributed by atoms with Crippen LogP contribution in [0.25, 0.3) is 43.1 Å². The van der Waals surface area contributed by atoms with Gasteiger partial charge < -0.3 is 5.11 Å². The van der Waals surface area contributed by atoms with Crippen molar-refractivity contribution >= 4 is 72.4 Å². The summed E-state index contributed by atoms with van der Waals surface area (Å²) in [6, 6.07) is 21.0. The van der Waals surface area contributed by atoms with Crippen LogP contribution in [0.1, 0.15) is 107 Å². The fourth-order valence-corrected chi connectivity index (χ4v) is 8.26. The maximum absolute atomic E-state index is 14.2. The number of amides is 4. The van der Waals surface area contributed by atoms with Crippen LogP contribution < -0.4 is 4.90 Å². The Bertz CT molecular complexity index is 2220. The van der Waals surface area contributed by atoms with Crippen molar-refractivity contribution in [1.29, 1.82) is 0 Å². The van der Waals surface area contributed by atoms with Gasteiger partial charge in [-0.15, -0.1) is 0 Å². The van der Waals surface area contributed by atoms with Gasteiger partial charge in [0.15, 0.2) is 0 Å². The van der Waals surface area contributed by atoms with Gasteiger partial charge in [-0.2, -0.15) is 0 Å². The Morgan fingerprint density at radius 1 is 0.510 bits per heavy atom. The van der Waals surface area contributed by atoms with Crippen LogP contribution in [0.3, 0.4) is 0 Å². The number of phenolic OH excluding ortho intramolecular Hbond substituents is 1. The molecule has 7 heteroatoms. The van der Waals surface area contributed by atoms with Gasteiger partial charge in [0.1, 0.15) is 5.75 Å². The van der Waals surface area contributed by atoms with Crippen molar-refractivity contribution < 1.29 is 24.3 Å². The molecule has 6 aromatic carbocycles. The van der Waals surface area contributed by atoms with E-state index in [0.717, 1.165) is 69.3 Å². The minimum absolute atomic E-state index is 0.0449. The molecule has 49 heavy (non-hydrogen) atoms. The summed E-state index contributed by atoms with van der Waals surface area (Å²) in [6.07, 6.45) is 8.83. The molecule has 4 amide bonds. The predicted octanol–water partition coefficient (Wildman–Crippen LogP) is 9.62. The number of anilines is 1. The summed E-state index contributed by atoms with van der Waals surface area (Å²) in [5.74, 6) is -1.01. The number of imide groups is 2. The van der Waals surface area contributed by atoms with E-state index in [-0.39, 0.29) is 23.5 Å². The van der Waals surface area contributed by atoms with Crippen LogP contribution in [0.15, 0.2) is 72.8 Å². The molecule has 0 bridgehead atoms. The lowest BCUT2D eigenvalue weighted by atomic mass is 9.82. The molecule has 2 aliphatic heterocycles. The van der Waals surface area contributed by atoms with E-state index in [1.54, 1.807) is 24.3 Å². The molecule has 246 valence electrons. The average Bonchev–Trinajstić information content (AvgIpc) is 3.11. The Hall–Kier alpha value is -5.30. The minimum atomic E-state index is -0.429. The zero-order valence-electron chi connectivity index (χ0n) is 27.8. The van der Waals surface area contributed by atoms with Crippen molar-refractivity contribution in [3.63, 3.8) is 0 Å². The van der Waals surface area contributed by atoms with E-state index >= 15 is 0 Å². The second-order valence-electron chi connectivity index (χ2n) is 13.7. The van der Waals surface area contributed by atoms with Gasteiger partial charge in [0, 0.05) is 39.6 Å². The van der Waals surface area contributed by atoms with Gasteiger partial charge in [0.05, 0.1) is 5.69 Å². The Morgan fingerprint density at radius 3 is 1.43 bits per heavy atom. The van der Waals surface area contributed by atoms with E-state index in [2.05, 4.69) is 13.8 Å². The van der Waals surface area contributed by atoms with E-state index in [1.807, 2.05) is 36.4 Å². The summed E-state index contributed by atoms with van der Waals surface area (Å²) in [4.78, 5) is 58.7. The highest BCUT2D eigenvalue weighted by molar-refractivity contribution is 6.43. The van der Waals surface area contributed by atoms with Crippen molar-refractivity contribution in [1.82, 2.24) is 4.90 Å². The Morgan fingerprint density at radius 2 is 0.959 bits per heavy atom. The fourth-order valence-electron chi connectivity index (χ4n) is 8.26. The third-order valence-corrected chi connectivity index (χ3v) is 10.7. The van der Waals surface area contributed by atoms with E-state index in [4.69, 9.17) is 0 Å². The molecule has 1 atom stereocenters. The zero-order valence-corrected chi connectivity index (χ0v) is 27.8. The molecule has 0 radical (unpaired) electrons. The zero-order chi connectivity index (χ0) is 34.0. The van der Waals surface area contributed by atoms with E-state index in [1.165, 1.54) is 36.3 Å². The van der Waals surface area contributed by atoms with E-state index < -0.39 is 11.8 Å². The molecule has 8 rings (SSSR count). The maximum Gasteiger partial charge on any atom is 0.265 e. The van der Waals surface area contributed by atoms with Gasteiger partial charge in [-0.25, -0.2) is 4.90 Å². The number of fused-ring (bicyclic) bond motifs is 2. The SMILES string of the molecule is CCCCCCC(CCCC)CN1C(=O)c2ccc3c4ccc5c6c(ccc(c7ccc(c2c37)C1=O)c64)C(=O)N(c1ccc(O)cc1)C5=O. The normalized spacial score (nSPS) is 15.1. The summed E-state index contributed by atoms with van der Waals surface area (Å²) in [5, 5.41) is 16.2. The minimum Gasteiger partial charge on any atom is -0.508 e. The Kier molecular flexibility index (Phi) is 7.58. The van der Waals surface area contributed by atoms with Crippen molar-refractivity contribution in [2.45, 2.75) is 65.2 Å². The lowest BCUT2D eigenvalue weighted by Crippen LogP contribution is -2.43. The van der Waals surface area contributed by atoms with Gasteiger partial charge >= 0.3 is 0 Å². The third-order valence-electron chi connectivity index (χ3n) is 10.7. The summed E-state index contributed by atoms with van der Waals surface area (Å²) in [6.45, 7) is 4.81. The number of aromatic hydroxyl groups is 1. The van der Waals surface area contributed by atoms with Crippen molar-refractivity contribution in [2.24, 2.45) is 5.92 Å². The lowest BCUT2D eigenvalue weighted by Gasteiger charge is -2.32. The molecule has 1 N–H and O–H groups in total.